The largest absolute Gasteiger partial charge is 0.270 e. The first kappa shape index (κ1) is 16.5. The van der Waals surface area contributed by atoms with Crippen LogP contribution < -0.4 is 0 Å². The lowest BCUT2D eigenvalue weighted by Gasteiger charge is -2.10. The lowest BCUT2D eigenvalue weighted by atomic mass is 10.2. The highest BCUT2D eigenvalue weighted by Gasteiger charge is 2.16. The molecule has 0 atom stereocenters. The maximum atomic E-state index is 4.45. The first-order chi connectivity index (χ1) is 12.8. The standard InChI is InChI=1S/C21H18N4S/c1-16-9-11-19(12-10-16)25-20(18-8-5-13-22-14-18)23-24-21(25)26-15-17-6-3-2-4-7-17/h2-14H,15H2,1H3. The average molecular weight is 358 g/mol. The van der Waals surface area contributed by atoms with E-state index in [0.29, 0.717) is 0 Å². The molecule has 0 N–H and O–H groups in total. The van der Waals surface area contributed by atoms with Gasteiger partial charge in [-0.1, -0.05) is 59.8 Å². The molecule has 0 aliphatic carbocycles. The average Bonchev–Trinajstić information content (AvgIpc) is 3.12. The number of benzene rings is 2. The van der Waals surface area contributed by atoms with Gasteiger partial charge in [0.2, 0.25) is 0 Å². The van der Waals surface area contributed by atoms with Crippen molar-refractivity contribution >= 4 is 11.8 Å². The number of hydrogen-bond donors (Lipinski definition) is 0. The van der Waals surface area contributed by atoms with Crippen LogP contribution in [-0.2, 0) is 5.75 Å². The van der Waals surface area contributed by atoms with E-state index in [4.69, 9.17) is 0 Å². The summed E-state index contributed by atoms with van der Waals surface area (Å²) in [5.74, 6) is 1.65. The smallest absolute Gasteiger partial charge is 0.196 e. The van der Waals surface area contributed by atoms with E-state index in [9.17, 15) is 0 Å². The molecular formula is C21H18N4S. The molecule has 0 aliphatic rings. The van der Waals surface area contributed by atoms with Gasteiger partial charge >= 0.3 is 0 Å². The minimum Gasteiger partial charge on any atom is -0.270 e. The molecule has 5 heteroatoms. The van der Waals surface area contributed by atoms with E-state index in [1.807, 2.05) is 24.4 Å². The van der Waals surface area contributed by atoms with Crippen LogP contribution in [0.25, 0.3) is 17.1 Å². The van der Waals surface area contributed by atoms with E-state index in [2.05, 4.69) is 75.2 Å². The van der Waals surface area contributed by atoms with Gasteiger partial charge in [0.1, 0.15) is 0 Å². The maximum absolute atomic E-state index is 4.45. The Kier molecular flexibility index (Phi) is 4.80. The van der Waals surface area contributed by atoms with E-state index in [0.717, 1.165) is 28.0 Å². The fourth-order valence-electron chi connectivity index (χ4n) is 2.69. The first-order valence-electron chi connectivity index (χ1n) is 8.41. The van der Waals surface area contributed by atoms with Crippen molar-refractivity contribution in [3.05, 3.63) is 90.3 Å². The van der Waals surface area contributed by atoms with Crippen molar-refractivity contribution < 1.29 is 0 Å². The van der Waals surface area contributed by atoms with Crippen molar-refractivity contribution in [1.29, 1.82) is 0 Å². The first-order valence-corrected chi connectivity index (χ1v) is 9.39. The third-order valence-corrected chi connectivity index (χ3v) is 5.06. The van der Waals surface area contributed by atoms with Gasteiger partial charge in [-0.05, 0) is 36.8 Å². The van der Waals surface area contributed by atoms with Gasteiger partial charge in [0.05, 0.1) is 0 Å². The monoisotopic (exact) mass is 358 g/mol. The Morgan fingerprint density at radius 3 is 2.42 bits per heavy atom. The number of rotatable bonds is 5. The Bertz CT molecular complexity index is 980. The Morgan fingerprint density at radius 2 is 1.69 bits per heavy atom. The van der Waals surface area contributed by atoms with E-state index in [1.165, 1.54) is 11.1 Å². The fraction of sp³-hybridized carbons (Fsp3) is 0.0952. The number of nitrogens with zero attached hydrogens (tertiary/aromatic N) is 4. The third kappa shape index (κ3) is 3.53. The van der Waals surface area contributed by atoms with Crippen LogP contribution >= 0.6 is 11.8 Å². The van der Waals surface area contributed by atoms with Crippen LogP contribution in [0.2, 0.25) is 0 Å². The number of hydrogen-bond acceptors (Lipinski definition) is 4. The zero-order valence-electron chi connectivity index (χ0n) is 14.4. The summed E-state index contributed by atoms with van der Waals surface area (Å²) < 4.78 is 2.10. The molecule has 128 valence electrons. The molecule has 0 radical (unpaired) electrons. The zero-order valence-corrected chi connectivity index (χ0v) is 15.2. The Hall–Kier alpha value is -2.92. The summed E-state index contributed by atoms with van der Waals surface area (Å²) in [6, 6.07) is 22.7. The van der Waals surface area contributed by atoms with E-state index in [1.54, 1.807) is 18.0 Å². The van der Waals surface area contributed by atoms with Gasteiger partial charge in [-0.2, -0.15) is 0 Å². The van der Waals surface area contributed by atoms with Gasteiger partial charge in [-0.25, -0.2) is 0 Å². The van der Waals surface area contributed by atoms with Crippen molar-refractivity contribution in [3.8, 4) is 17.1 Å². The van der Waals surface area contributed by atoms with Crippen molar-refractivity contribution in [2.24, 2.45) is 0 Å². The highest BCUT2D eigenvalue weighted by Crippen LogP contribution is 2.29. The summed E-state index contributed by atoms with van der Waals surface area (Å²) >= 11 is 1.68. The van der Waals surface area contributed by atoms with Crippen LogP contribution in [0, 0.1) is 6.92 Å². The molecule has 4 nitrogen and oxygen atoms in total. The summed E-state index contributed by atoms with van der Waals surface area (Å²) in [6.45, 7) is 2.09. The quantitative estimate of drug-likeness (QED) is 0.475. The molecule has 0 saturated carbocycles. The van der Waals surface area contributed by atoms with Gasteiger partial charge in [-0.15, -0.1) is 10.2 Å². The molecule has 0 spiro atoms. The molecule has 4 rings (SSSR count). The molecule has 0 aliphatic heterocycles. The fourth-order valence-corrected chi connectivity index (χ4v) is 3.60. The highest BCUT2D eigenvalue weighted by atomic mass is 32.2. The lowest BCUT2D eigenvalue weighted by Crippen LogP contribution is -2.00. The van der Waals surface area contributed by atoms with Crippen molar-refractivity contribution in [3.63, 3.8) is 0 Å². The Labute approximate surface area is 157 Å². The van der Waals surface area contributed by atoms with Gasteiger partial charge in [-0.3, -0.25) is 9.55 Å². The summed E-state index contributed by atoms with van der Waals surface area (Å²) in [5.41, 5.74) is 4.49. The maximum Gasteiger partial charge on any atom is 0.196 e. The van der Waals surface area contributed by atoms with Crippen LogP contribution in [0.1, 0.15) is 11.1 Å². The summed E-state index contributed by atoms with van der Waals surface area (Å²) in [4.78, 5) is 4.22. The van der Waals surface area contributed by atoms with Crippen LogP contribution in [0.4, 0.5) is 0 Å². The third-order valence-electron chi connectivity index (χ3n) is 4.06. The van der Waals surface area contributed by atoms with E-state index < -0.39 is 0 Å². The molecule has 0 fully saturated rings. The zero-order chi connectivity index (χ0) is 17.8. The molecule has 2 heterocycles. The number of aromatic nitrogens is 4. The van der Waals surface area contributed by atoms with Gasteiger partial charge in [0.15, 0.2) is 11.0 Å². The molecule has 4 aromatic rings. The molecule has 0 amide bonds. The normalized spacial score (nSPS) is 10.8. The second kappa shape index (κ2) is 7.54. The van der Waals surface area contributed by atoms with Crippen LogP contribution in [0.3, 0.4) is 0 Å². The van der Waals surface area contributed by atoms with Crippen LogP contribution in [0.5, 0.6) is 0 Å². The van der Waals surface area contributed by atoms with Crippen LogP contribution in [-0.4, -0.2) is 19.7 Å². The summed E-state index contributed by atoms with van der Waals surface area (Å²) in [6.07, 6.45) is 3.58. The predicted octanol–water partition coefficient (Wildman–Crippen LogP) is 4.93. The molecule has 2 aromatic carbocycles. The number of aryl methyl sites for hydroxylation is 1. The minimum absolute atomic E-state index is 0.803. The summed E-state index contributed by atoms with van der Waals surface area (Å²) in [7, 11) is 0. The van der Waals surface area contributed by atoms with E-state index >= 15 is 0 Å². The van der Waals surface area contributed by atoms with Gasteiger partial charge < -0.3 is 0 Å². The highest BCUT2D eigenvalue weighted by molar-refractivity contribution is 7.98. The van der Waals surface area contributed by atoms with Crippen molar-refractivity contribution in [2.75, 3.05) is 0 Å². The second-order valence-electron chi connectivity index (χ2n) is 5.99. The minimum atomic E-state index is 0.803. The number of thioether (sulfide) groups is 1. The van der Waals surface area contributed by atoms with Crippen LogP contribution in [0.15, 0.2) is 84.3 Å². The van der Waals surface area contributed by atoms with Gasteiger partial charge in [0.25, 0.3) is 0 Å². The molecule has 0 bridgehead atoms. The SMILES string of the molecule is Cc1ccc(-n2c(SCc3ccccc3)nnc2-c2cccnc2)cc1. The topological polar surface area (TPSA) is 43.6 Å². The van der Waals surface area contributed by atoms with Gasteiger partial charge in [0, 0.05) is 29.4 Å². The Morgan fingerprint density at radius 1 is 0.885 bits per heavy atom. The molecular weight excluding hydrogens is 340 g/mol. The second-order valence-corrected chi connectivity index (χ2v) is 6.94. The molecule has 2 aromatic heterocycles. The molecule has 0 saturated heterocycles. The predicted molar refractivity (Wildman–Crippen MR) is 105 cm³/mol. The van der Waals surface area contributed by atoms with Crippen molar-refractivity contribution in [1.82, 2.24) is 19.7 Å². The summed E-state index contributed by atoms with van der Waals surface area (Å²) in [5, 5.41) is 9.78. The number of pyridine rings is 1. The van der Waals surface area contributed by atoms with E-state index in [-0.39, 0.29) is 0 Å². The molecule has 26 heavy (non-hydrogen) atoms. The molecule has 0 unspecified atom stereocenters. The lowest BCUT2D eigenvalue weighted by molar-refractivity contribution is 0.885. The van der Waals surface area contributed by atoms with Crippen molar-refractivity contribution in [2.45, 2.75) is 17.8 Å². The Balaban J connectivity index is 1.74.